The van der Waals surface area contributed by atoms with E-state index in [1.165, 1.54) is 32.4 Å². The molecule has 4 heteroatoms. The summed E-state index contributed by atoms with van der Waals surface area (Å²) in [5, 5.41) is 3.49. The fourth-order valence-corrected chi connectivity index (χ4v) is 3.94. The molecule has 0 bridgehead atoms. The van der Waals surface area contributed by atoms with Gasteiger partial charge in [-0.3, -0.25) is 4.79 Å². The number of halogens is 1. The predicted molar refractivity (Wildman–Crippen MR) is 79.6 cm³/mol. The summed E-state index contributed by atoms with van der Waals surface area (Å²) in [5.41, 5.74) is 0.603. The lowest BCUT2D eigenvalue weighted by atomic mass is 9.77. The molecule has 2 aliphatic heterocycles. The quantitative estimate of drug-likeness (QED) is 0.865. The molecule has 0 atom stereocenters. The SMILES string of the molecule is CCCC1(C(=O)N2CCC3(CCNC3)CC2)CC1.Cl. The molecule has 0 radical (unpaired) electrons. The van der Waals surface area contributed by atoms with E-state index < -0.39 is 0 Å². The van der Waals surface area contributed by atoms with Gasteiger partial charge in [-0.05, 0) is 50.5 Å². The van der Waals surface area contributed by atoms with Crippen molar-refractivity contribution in [2.24, 2.45) is 10.8 Å². The second-order valence-electron chi connectivity index (χ2n) is 6.75. The highest BCUT2D eigenvalue weighted by molar-refractivity contribution is 5.85. The maximum absolute atomic E-state index is 12.6. The Morgan fingerprint density at radius 3 is 2.32 bits per heavy atom. The maximum Gasteiger partial charge on any atom is 0.228 e. The number of carbonyl (C=O) groups excluding carboxylic acids is 1. The Morgan fingerprint density at radius 2 is 1.84 bits per heavy atom. The van der Waals surface area contributed by atoms with Gasteiger partial charge < -0.3 is 10.2 Å². The average Bonchev–Trinajstić information content (AvgIpc) is 3.04. The zero-order valence-electron chi connectivity index (χ0n) is 12.0. The number of nitrogens with zero attached hydrogens (tertiary/aromatic N) is 1. The summed E-state index contributed by atoms with van der Waals surface area (Å²) in [6.45, 7) is 6.56. The predicted octanol–water partition coefficient (Wildman–Crippen LogP) is 2.59. The Balaban J connectivity index is 0.00000133. The van der Waals surface area contributed by atoms with Gasteiger partial charge in [0.05, 0.1) is 0 Å². The minimum atomic E-state index is 0. The van der Waals surface area contributed by atoms with Crippen LogP contribution in [0, 0.1) is 10.8 Å². The Hall–Kier alpha value is -0.280. The van der Waals surface area contributed by atoms with Crippen molar-refractivity contribution in [3.63, 3.8) is 0 Å². The summed E-state index contributed by atoms with van der Waals surface area (Å²) >= 11 is 0. The zero-order chi connectivity index (χ0) is 12.6. The molecule has 1 N–H and O–H groups in total. The van der Waals surface area contributed by atoms with Crippen LogP contribution in [0.15, 0.2) is 0 Å². The lowest BCUT2D eigenvalue weighted by molar-refractivity contribution is -0.139. The van der Waals surface area contributed by atoms with E-state index in [0.717, 1.165) is 38.8 Å². The third-order valence-corrected chi connectivity index (χ3v) is 5.48. The normalized spacial score (nSPS) is 27.1. The molecule has 1 saturated carbocycles. The molecule has 3 fully saturated rings. The summed E-state index contributed by atoms with van der Waals surface area (Å²) in [4.78, 5) is 14.8. The van der Waals surface area contributed by atoms with Gasteiger partial charge in [0.2, 0.25) is 5.91 Å². The van der Waals surface area contributed by atoms with Gasteiger partial charge in [-0.25, -0.2) is 0 Å². The Kier molecular flexibility index (Phi) is 4.46. The molecular formula is C15H27ClN2O. The molecule has 0 unspecified atom stereocenters. The average molecular weight is 287 g/mol. The summed E-state index contributed by atoms with van der Waals surface area (Å²) in [7, 11) is 0. The summed E-state index contributed by atoms with van der Waals surface area (Å²) in [5.74, 6) is 0.477. The van der Waals surface area contributed by atoms with E-state index in [9.17, 15) is 4.79 Å². The van der Waals surface area contributed by atoms with Crippen LogP contribution in [0.2, 0.25) is 0 Å². The summed E-state index contributed by atoms with van der Waals surface area (Å²) in [6.07, 6.45) is 8.28. The van der Waals surface area contributed by atoms with Crippen LogP contribution in [0.5, 0.6) is 0 Å². The van der Waals surface area contributed by atoms with Gasteiger partial charge in [0.15, 0.2) is 0 Å². The van der Waals surface area contributed by atoms with Crippen molar-refractivity contribution in [1.29, 1.82) is 0 Å². The first-order valence-electron chi connectivity index (χ1n) is 7.70. The standard InChI is InChI=1S/C15H26N2O.ClH/c1-2-3-15(4-5-15)13(18)17-10-7-14(8-11-17)6-9-16-12-14;/h16H,2-12H2,1H3;1H. The van der Waals surface area contributed by atoms with Gasteiger partial charge in [-0.2, -0.15) is 0 Å². The Labute approximate surface area is 122 Å². The number of likely N-dealkylation sites (tertiary alicyclic amines) is 1. The smallest absolute Gasteiger partial charge is 0.228 e. The van der Waals surface area contributed by atoms with Crippen LogP contribution in [0.25, 0.3) is 0 Å². The first kappa shape index (κ1) is 15.1. The van der Waals surface area contributed by atoms with Gasteiger partial charge >= 0.3 is 0 Å². The molecule has 1 aliphatic carbocycles. The molecule has 0 aromatic carbocycles. The van der Waals surface area contributed by atoms with Crippen molar-refractivity contribution in [3.05, 3.63) is 0 Å². The van der Waals surface area contributed by atoms with Crippen LogP contribution in [0.4, 0.5) is 0 Å². The molecule has 2 heterocycles. The molecule has 3 rings (SSSR count). The summed E-state index contributed by atoms with van der Waals surface area (Å²) < 4.78 is 0. The third-order valence-electron chi connectivity index (χ3n) is 5.48. The van der Waals surface area contributed by atoms with Gasteiger partial charge in [-0.15, -0.1) is 12.4 Å². The number of piperidine rings is 1. The number of rotatable bonds is 3. The van der Waals surface area contributed by atoms with Crippen molar-refractivity contribution in [2.45, 2.75) is 51.9 Å². The van der Waals surface area contributed by atoms with Crippen LogP contribution in [-0.4, -0.2) is 37.0 Å². The second kappa shape index (κ2) is 5.61. The van der Waals surface area contributed by atoms with E-state index in [2.05, 4.69) is 17.1 Å². The maximum atomic E-state index is 12.6. The highest BCUT2D eigenvalue weighted by Gasteiger charge is 2.51. The van der Waals surface area contributed by atoms with Crippen molar-refractivity contribution in [3.8, 4) is 0 Å². The minimum absolute atomic E-state index is 0. The van der Waals surface area contributed by atoms with Crippen molar-refractivity contribution in [2.75, 3.05) is 26.2 Å². The Morgan fingerprint density at radius 1 is 1.16 bits per heavy atom. The number of hydrogen-bond donors (Lipinski definition) is 1. The number of carbonyl (C=O) groups is 1. The molecule has 2 saturated heterocycles. The number of nitrogens with one attached hydrogen (secondary N) is 1. The second-order valence-corrected chi connectivity index (χ2v) is 6.75. The molecule has 3 aliphatic rings. The summed E-state index contributed by atoms with van der Waals surface area (Å²) in [6, 6.07) is 0. The van der Waals surface area contributed by atoms with E-state index in [-0.39, 0.29) is 17.8 Å². The zero-order valence-corrected chi connectivity index (χ0v) is 12.9. The van der Waals surface area contributed by atoms with E-state index in [0.29, 0.717) is 11.3 Å². The third kappa shape index (κ3) is 2.78. The molecule has 3 nitrogen and oxygen atoms in total. The van der Waals surface area contributed by atoms with Crippen LogP contribution in [0.3, 0.4) is 0 Å². The molecule has 1 spiro atoms. The van der Waals surface area contributed by atoms with Gasteiger partial charge in [0.1, 0.15) is 0 Å². The van der Waals surface area contributed by atoms with Gasteiger partial charge in [-0.1, -0.05) is 13.3 Å². The molecule has 110 valence electrons. The van der Waals surface area contributed by atoms with Crippen molar-refractivity contribution >= 4 is 18.3 Å². The fraction of sp³-hybridized carbons (Fsp3) is 0.933. The highest BCUT2D eigenvalue weighted by Crippen LogP contribution is 2.51. The van der Waals surface area contributed by atoms with Crippen molar-refractivity contribution < 1.29 is 4.79 Å². The molecule has 19 heavy (non-hydrogen) atoms. The monoisotopic (exact) mass is 286 g/mol. The minimum Gasteiger partial charge on any atom is -0.342 e. The van der Waals surface area contributed by atoms with Gasteiger partial charge in [0.25, 0.3) is 0 Å². The van der Waals surface area contributed by atoms with Crippen molar-refractivity contribution in [1.82, 2.24) is 10.2 Å². The van der Waals surface area contributed by atoms with Gasteiger partial charge in [0, 0.05) is 25.0 Å². The number of hydrogen-bond acceptors (Lipinski definition) is 2. The molecule has 0 aromatic heterocycles. The molecule has 0 aromatic rings. The lowest BCUT2D eigenvalue weighted by Gasteiger charge is -2.40. The highest BCUT2D eigenvalue weighted by atomic mass is 35.5. The Bertz CT molecular complexity index is 325. The first-order chi connectivity index (χ1) is 8.70. The number of amides is 1. The fourth-order valence-electron chi connectivity index (χ4n) is 3.94. The van der Waals surface area contributed by atoms with Crippen LogP contribution in [-0.2, 0) is 4.79 Å². The van der Waals surface area contributed by atoms with E-state index in [1.54, 1.807) is 0 Å². The van der Waals surface area contributed by atoms with E-state index in [4.69, 9.17) is 0 Å². The van der Waals surface area contributed by atoms with Crippen LogP contribution < -0.4 is 5.32 Å². The van der Waals surface area contributed by atoms with E-state index >= 15 is 0 Å². The largest absolute Gasteiger partial charge is 0.342 e. The topological polar surface area (TPSA) is 32.3 Å². The van der Waals surface area contributed by atoms with E-state index in [1.807, 2.05) is 0 Å². The van der Waals surface area contributed by atoms with Crippen LogP contribution >= 0.6 is 12.4 Å². The molecule has 1 amide bonds. The first-order valence-corrected chi connectivity index (χ1v) is 7.70. The lowest BCUT2D eigenvalue weighted by Crippen LogP contribution is -2.46. The molecular weight excluding hydrogens is 260 g/mol. The van der Waals surface area contributed by atoms with Crippen LogP contribution in [0.1, 0.15) is 51.9 Å².